The third-order valence-electron chi connectivity index (χ3n) is 3.44. The molecule has 0 saturated heterocycles. The summed E-state index contributed by atoms with van der Waals surface area (Å²) in [7, 11) is 1.32. The maximum atomic E-state index is 12.1. The number of amides is 1. The molecule has 0 aliphatic rings. The number of hydrogen-bond donors (Lipinski definition) is 1. The van der Waals surface area contributed by atoms with Crippen LogP contribution in [0.3, 0.4) is 0 Å². The van der Waals surface area contributed by atoms with Gasteiger partial charge in [-0.15, -0.1) is 0 Å². The topological polar surface area (TPSA) is 81.2 Å². The van der Waals surface area contributed by atoms with Crippen LogP contribution < -0.4 is 5.32 Å². The van der Waals surface area contributed by atoms with Gasteiger partial charge in [0.25, 0.3) is 0 Å². The second-order valence-corrected chi connectivity index (χ2v) is 7.65. The molecule has 9 heteroatoms. The largest absolute Gasteiger partial charge is 0.465 e. The van der Waals surface area contributed by atoms with Crippen molar-refractivity contribution in [3.8, 4) is 11.4 Å². The van der Waals surface area contributed by atoms with Gasteiger partial charge in [-0.3, -0.25) is 4.79 Å². The summed E-state index contributed by atoms with van der Waals surface area (Å²) in [6.07, 6.45) is 0. The molecule has 0 radical (unpaired) electrons. The van der Waals surface area contributed by atoms with E-state index in [4.69, 9.17) is 11.6 Å². The predicted octanol–water partition coefficient (Wildman–Crippen LogP) is 4.38. The van der Waals surface area contributed by atoms with Crippen LogP contribution in [0, 0.1) is 0 Å². The van der Waals surface area contributed by atoms with Gasteiger partial charge in [0, 0.05) is 11.3 Å². The van der Waals surface area contributed by atoms with E-state index in [1.54, 1.807) is 30.3 Å². The zero-order chi connectivity index (χ0) is 19.2. The van der Waals surface area contributed by atoms with Crippen LogP contribution in [0.25, 0.3) is 11.4 Å². The van der Waals surface area contributed by atoms with E-state index in [1.165, 1.54) is 30.4 Å². The molecule has 0 unspecified atom stereocenters. The van der Waals surface area contributed by atoms with Crippen LogP contribution in [-0.4, -0.2) is 34.1 Å². The van der Waals surface area contributed by atoms with E-state index in [2.05, 4.69) is 19.4 Å². The number of halogens is 1. The van der Waals surface area contributed by atoms with E-state index >= 15 is 0 Å². The number of aromatic nitrogens is 2. The first-order valence-corrected chi connectivity index (χ1v) is 9.90. The number of anilines is 1. The molecule has 0 saturated carbocycles. The molecule has 1 amide bonds. The monoisotopic (exact) mass is 419 g/mol. The molecule has 1 aromatic heterocycles. The van der Waals surface area contributed by atoms with E-state index in [-0.39, 0.29) is 11.7 Å². The highest BCUT2D eigenvalue weighted by Crippen LogP contribution is 2.29. The van der Waals surface area contributed by atoms with E-state index in [1.807, 2.05) is 18.2 Å². The fourth-order valence-electron chi connectivity index (χ4n) is 2.15. The van der Waals surface area contributed by atoms with Gasteiger partial charge in [-0.05, 0) is 47.9 Å². The number of thioether (sulfide) groups is 1. The Morgan fingerprint density at radius 1 is 1.19 bits per heavy atom. The van der Waals surface area contributed by atoms with Gasteiger partial charge in [-0.25, -0.2) is 9.78 Å². The van der Waals surface area contributed by atoms with Gasteiger partial charge in [-0.1, -0.05) is 35.5 Å². The molecule has 0 aliphatic carbocycles. The number of ether oxygens (including phenoxy) is 1. The summed E-state index contributed by atoms with van der Waals surface area (Å²) < 4.78 is 9.61. The molecular formula is C18H14ClN3O3S2. The van der Waals surface area contributed by atoms with Crippen LogP contribution in [-0.2, 0) is 9.53 Å². The average molecular weight is 420 g/mol. The van der Waals surface area contributed by atoms with Crippen LogP contribution >= 0.6 is 34.9 Å². The number of carbonyl (C=O) groups is 2. The lowest BCUT2D eigenvalue weighted by Crippen LogP contribution is -2.14. The smallest absolute Gasteiger partial charge is 0.337 e. The number of rotatable bonds is 6. The van der Waals surface area contributed by atoms with Gasteiger partial charge in [0.2, 0.25) is 5.91 Å². The summed E-state index contributed by atoms with van der Waals surface area (Å²) in [5.74, 6) is 0.136. The van der Waals surface area contributed by atoms with Gasteiger partial charge in [0.1, 0.15) is 0 Å². The molecule has 2 aromatic carbocycles. The molecule has 138 valence electrons. The quantitative estimate of drug-likeness (QED) is 0.471. The molecule has 3 rings (SSSR count). The van der Waals surface area contributed by atoms with Crippen LogP contribution in [0.4, 0.5) is 5.69 Å². The van der Waals surface area contributed by atoms with Crippen molar-refractivity contribution in [3.05, 3.63) is 59.1 Å². The molecule has 3 aromatic rings. The van der Waals surface area contributed by atoms with Crippen molar-refractivity contribution in [3.63, 3.8) is 0 Å². The highest BCUT2D eigenvalue weighted by Gasteiger charge is 2.12. The summed E-state index contributed by atoms with van der Waals surface area (Å²) in [5, 5.41) is 3.35. The second-order valence-electron chi connectivity index (χ2n) is 5.27. The summed E-state index contributed by atoms with van der Waals surface area (Å²) >= 11 is 8.67. The summed E-state index contributed by atoms with van der Waals surface area (Å²) in [6, 6.07) is 13.8. The number of hydrogen-bond acceptors (Lipinski definition) is 7. The van der Waals surface area contributed by atoms with Crippen molar-refractivity contribution >= 4 is 52.5 Å². The van der Waals surface area contributed by atoms with Crippen LogP contribution in [0.1, 0.15) is 10.4 Å². The maximum Gasteiger partial charge on any atom is 0.337 e. The van der Waals surface area contributed by atoms with Crippen molar-refractivity contribution in [2.75, 3.05) is 18.2 Å². The summed E-state index contributed by atoms with van der Waals surface area (Å²) in [5.41, 5.74) is 1.78. The molecule has 1 N–H and O–H groups in total. The van der Waals surface area contributed by atoms with Gasteiger partial charge >= 0.3 is 5.97 Å². The Hall–Kier alpha value is -2.42. The Labute approximate surface area is 169 Å². The van der Waals surface area contributed by atoms with E-state index in [9.17, 15) is 9.59 Å². The highest BCUT2D eigenvalue weighted by atomic mass is 35.5. The summed E-state index contributed by atoms with van der Waals surface area (Å²) in [4.78, 5) is 27.9. The Balaban J connectivity index is 1.55. The van der Waals surface area contributed by atoms with E-state index in [0.717, 1.165) is 5.56 Å². The van der Waals surface area contributed by atoms with E-state index in [0.29, 0.717) is 26.4 Å². The number of benzene rings is 2. The lowest BCUT2D eigenvalue weighted by molar-refractivity contribution is -0.113. The Morgan fingerprint density at radius 2 is 1.93 bits per heavy atom. The fourth-order valence-corrected chi connectivity index (χ4v) is 3.78. The Morgan fingerprint density at radius 3 is 2.63 bits per heavy atom. The molecule has 6 nitrogen and oxygen atoms in total. The molecule has 0 bridgehead atoms. The van der Waals surface area contributed by atoms with Crippen LogP contribution in [0.15, 0.2) is 52.9 Å². The van der Waals surface area contributed by atoms with Crippen LogP contribution in [0.2, 0.25) is 5.02 Å². The van der Waals surface area contributed by atoms with Crippen molar-refractivity contribution in [1.29, 1.82) is 0 Å². The normalized spacial score (nSPS) is 10.4. The molecule has 0 spiro atoms. The molecule has 0 fully saturated rings. The Kier molecular flexibility index (Phi) is 6.44. The number of carbonyl (C=O) groups excluding carboxylic acids is 2. The minimum Gasteiger partial charge on any atom is -0.465 e. The first-order chi connectivity index (χ1) is 13.1. The van der Waals surface area contributed by atoms with Crippen molar-refractivity contribution < 1.29 is 14.3 Å². The van der Waals surface area contributed by atoms with Crippen molar-refractivity contribution in [2.24, 2.45) is 0 Å². The SMILES string of the molecule is COC(=O)c1ccc(NC(=O)CSc2nc(-c3ccccc3Cl)ns2)cc1. The first-order valence-electron chi connectivity index (χ1n) is 7.76. The van der Waals surface area contributed by atoms with Gasteiger partial charge < -0.3 is 10.1 Å². The lowest BCUT2D eigenvalue weighted by Gasteiger charge is -2.05. The van der Waals surface area contributed by atoms with E-state index < -0.39 is 5.97 Å². The zero-order valence-electron chi connectivity index (χ0n) is 14.1. The lowest BCUT2D eigenvalue weighted by atomic mass is 10.2. The third kappa shape index (κ3) is 5.06. The predicted molar refractivity (Wildman–Crippen MR) is 107 cm³/mol. The highest BCUT2D eigenvalue weighted by molar-refractivity contribution is 8.01. The van der Waals surface area contributed by atoms with Gasteiger partial charge in [0.15, 0.2) is 10.2 Å². The zero-order valence-corrected chi connectivity index (χ0v) is 16.5. The molecule has 27 heavy (non-hydrogen) atoms. The number of methoxy groups -OCH3 is 1. The minimum atomic E-state index is -0.422. The molecule has 0 aliphatic heterocycles. The van der Waals surface area contributed by atoms with Gasteiger partial charge in [-0.2, -0.15) is 4.37 Å². The fraction of sp³-hybridized carbons (Fsp3) is 0.111. The average Bonchev–Trinajstić information content (AvgIpc) is 3.15. The summed E-state index contributed by atoms with van der Waals surface area (Å²) in [6.45, 7) is 0. The van der Waals surface area contributed by atoms with Gasteiger partial charge in [0.05, 0.1) is 23.4 Å². The second kappa shape index (κ2) is 8.98. The number of nitrogens with zero attached hydrogens (tertiary/aromatic N) is 2. The molecule has 0 atom stereocenters. The Bertz CT molecular complexity index is 960. The standard InChI is InChI=1S/C18H14ClN3O3S2/c1-25-17(24)11-6-8-12(9-7-11)20-15(23)10-26-18-21-16(22-27-18)13-4-2-3-5-14(13)19/h2-9H,10H2,1H3,(H,20,23). The van der Waals surface area contributed by atoms with Crippen molar-refractivity contribution in [1.82, 2.24) is 9.36 Å². The first kappa shape index (κ1) is 19.3. The van der Waals surface area contributed by atoms with Crippen molar-refractivity contribution in [2.45, 2.75) is 4.34 Å². The molecular weight excluding hydrogens is 406 g/mol. The minimum absolute atomic E-state index is 0.180. The number of esters is 1. The maximum absolute atomic E-state index is 12.1. The molecule has 1 heterocycles. The number of nitrogens with one attached hydrogen (secondary N) is 1. The van der Waals surface area contributed by atoms with Crippen LogP contribution in [0.5, 0.6) is 0 Å². The third-order valence-corrected chi connectivity index (χ3v) is 5.60.